The van der Waals surface area contributed by atoms with Gasteiger partial charge in [0.25, 0.3) is 7.82 Å². The van der Waals surface area contributed by atoms with Crippen LogP contribution in [0.4, 0.5) is 0 Å². The Kier molecular flexibility index (Phi) is 9.18. The van der Waals surface area contributed by atoms with Crippen LogP contribution in [-0.2, 0) is 41.3 Å². The van der Waals surface area contributed by atoms with Gasteiger partial charge in [0.05, 0.1) is 13.2 Å². The Bertz CT molecular complexity index is 108. The zero-order chi connectivity index (χ0) is 7.33. The summed E-state index contributed by atoms with van der Waals surface area (Å²) in [6, 6.07) is 0. The van der Waals surface area contributed by atoms with Crippen LogP contribution in [0.25, 0.3) is 0 Å². The average Bonchev–Trinajstić information content (AvgIpc) is 1.64. The smallest absolute Gasteiger partial charge is 0.756 e. The number of hydrogen-bond acceptors (Lipinski definition) is 4. The molecule has 0 fully saturated rings. The van der Waals surface area contributed by atoms with Crippen molar-refractivity contribution in [1.29, 1.82) is 0 Å². The van der Waals surface area contributed by atoms with Crippen molar-refractivity contribution in [3.05, 3.63) is 0 Å². The van der Waals surface area contributed by atoms with E-state index in [9.17, 15) is 9.46 Å². The van der Waals surface area contributed by atoms with Crippen LogP contribution >= 0.6 is 7.82 Å². The molecule has 0 spiro atoms. The van der Waals surface area contributed by atoms with Crippen molar-refractivity contribution in [2.75, 3.05) is 13.2 Å². The molecule has 0 aliphatic carbocycles. The minimum Gasteiger partial charge on any atom is -0.756 e. The predicted molar refractivity (Wildman–Crippen MR) is 30.9 cm³/mol. The van der Waals surface area contributed by atoms with Gasteiger partial charge in [-0.1, -0.05) is 0 Å². The van der Waals surface area contributed by atoms with Gasteiger partial charge in [0.15, 0.2) is 0 Å². The molecule has 0 amide bonds. The molecule has 0 aliphatic heterocycles. The van der Waals surface area contributed by atoms with Gasteiger partial charge in [0, 0.05) is 0 Å². The minimum absolute atomic E-state index is 0. The van der Waals surface area contributed by atoms with E-state index in [-0.39, 0.29) is 40.9 Å². The standard InChI is InChI=1S/C4H11O4P.Hg/c1-3-7-9(5,6)8-4-2;/h3-4H2,1-2H3,(H,5,6);/q;+1/p-1. The van der Waals surface area contributed by atoms with Gasteiger partial charge in [-0.2, -0.15) is 0 Å². The van der Waals surface area contributed by atoms with Crippen molar-refractivity contribution in [1.82, 2.24) is 0 Å². The first-order valence-electron chi connectivity index (χ1n) is 2.72. The Morgan fingerprint density at radius 3 is 1.80 bits per heavy atom. The van der Waals surface area contributed by atoms with E-state index in [0.717, 1.165) is 0 Å². The summed E-state index contributed by atoms with van der Waals surface area (Å²) in [7, 11) is -3.94. The minimum atomic E-state index is -3.94. The van der Waals surface area contributed by atoms with Crippen LogP contribution < -0.4 is 4.89 Å². The number of phosphoric acid groups is 1. The molecule has 0 rings (SSSR count). The van der Waals surface area contributed by atoms with E-state index in [2.05, 4.69) is 9.05 Å². The molecule has 10 heavy (non-hydrogen) atoms. The largest absolute Gasteiger partial charge is 1.00 e. The molecule has 0 aromatic carbocycles. The summed E-state index contributed by atoms with van der Waals surface area (Å²) in [4.78, 5) is 10.4. The summed E-state index contributed by atoms with van der Waals surface area (Å²) in [5, 5.41) is 0. The van der Waals surface area contributed by atoms with E-state index < -0.39 is 7.82 Å². The molecule has 0 unspecified atom stereocenters. The number of rotatable bonds is 4. The van der Waals surface area contributed by atoms with Gasteiger partial charge in [0.2, 0.25) is 0 Å². The first kappa shape index (κ1) is 13.6. The molecular formula is C4H10HgO4P. The van der Waals surface area contributed by atoms with E-state index in [1.807, 2.05) is 0 Å². The molecule has 4 nitrogen and oxygen atoms in total. The Balaban J connectivity index is 0. The van der Waals surface area contributed by atoms with E-state index in [1.54, 1.807) is 13.8 Å². The summed E-state index contributed by atoms with van der Waals surface area (Å²) in [6.07, 6.45) is 0. The van der Waals surface area contributed by atoms with E-state index >= 15 is 0 Å². The van der Waals surface area contributed by atoms with E-state index in [4.69, 9.17) is 0 Å². The normalized spacial score (nSPS) is 10.7. The van der Waals surface area contributed by atoms with Gasteiger partial charge in [-0.15, -0.1) is 0 Å². The molecule has 0 aromatic heterocycles. The molecule has 0 heterocycles. The van der Waals surface area contributed by atoms with Crippen LogP contribution in [0.5, 0.6) is 0 Å². The monoisotopic (exact) mass is 355 g/mol. The van der Waals surface area contributed by atoms with Crippen molar-refractivity contribution in [2.45, 2.75) is 13.8 Å². The van der Waals surface area contributed by atoms with Crippen molar-refractivity contribution in [3.63, 3.8) is 0 Å². The third kappa shape index (κ3) is 7.16. The molecule has 57 valence electrons. The third-order valence-electron chi connectivity index (χ3n) is 0.574. The predicted octanol–water partition coefficient (Wildman–Crippen LogP) is 0.525. The maximum absolute atomic E-state index is 10.4. The zero-order valence-electron chi connectivity index (χ0n) is 6.20. The van der Waals surface area contributed by atoms with Crippen LogP contribution in [-0.4, -0.2) is 13.2 Å². The maximum atomic E-state index is 10.4. The Morgan fingerprint density at radius 2 is 1.60 bits per heavy atom. The summed E-state index contributed by atoms with van der Waals surface area (Å²) >= 11 is 0. The second-order valence-electron chi connectivity index (χ2n) is 1.28. The SMILES string of the molecule is CCOP(=O)([O-])OCC.[Hg+]. The summed E-state index contributed by atoms with van der Waals surface area (Å²) in [5.41, 5.74) is 0. The summed E-state index contributed by atoms with van der Waals surface area (Å²) in [6.45, 7) is 3.43. The summed E-state index contributed by atoms with van der Waals surface area (Å²) < 4.78 is 18.9. The maximum Gasteiger partial charge on any atom is 1.00 e. The van der Waals surface area contributed by atoms with E-state index in [1.165, 1.54) is 0 Å². The van der Waals surface area contributed by atoms with Crippen molar-refractivity contribution in [3.8, 4) is 0 Å². The molecule has 1 radical (unpaired) electrons. The quantitative estimate of drug-likeness (QED) is 0.546. The molecule has 0 bridgehead atoms. The molecular weight excluding hydrogens is 344 g/mol. The van der Waals surface area contributed by atoms with Crippen molar-refractivity contribution >= 4 is 7.82 Å². The third-order valence-corrected chi connectivity index (χ3v) is 1.72. The topological polar surface area (TPSA) is 58.6 Å². The molecule has 0 saturated heterocycles. The fourth-order valence-corrected chi connectivity index (χ4v) is 1.06. The average molecular weight is 354 g/mol. The molecule has 0 aromatic rings. The second kappa shape index (κ2) is 6.74. The first-order chi connectivity index (χ1) is 4.12. The van der Waals surface area contributed by atoms with Crippen LogP contribution in [0, 0.1) is 0 Å². The van der Waals surface area contributed by atoms with Gasteiger partial charge < -0.3 is 13.9 Å². The van der Waals surface area contributed by atoms with Crippen LogP contribution in [0.1, 0.15) is 13.8 Å². The van der Waals surface area contributed by atoms with Gasteiger partial charge in [-0.05, 0) is 13.8 Å². The molecule has 0 atom stereocenters. The molecule has 6 heteroatoms. The van der Waals surface area contributed by atoms with Gasteiger partial charge in [0.1, 0.15) is 0 Å². The van der Waals surface area contributed by atoms with Crippen molar-refractivity contribution < 1.29 is 46.2 Å². The molecule has 0 aliphatic rings. The fourth-order valence-electron chi connectivity index (χ4n) is 0.353. The zero-order valence-corrected chi connectivity index (χ0v) is 12.6. The fraction of sp³-hybridized carbons (Fsp3) is 1.00. The van der Waals surface area contributed by atoms with E-state index in [0.29, 0.717) is 0 Å². The first-order valence-corrected chi connectivity index (χ1v) is 4.18. The van der Waals surface area contributed by atoms with Crippen LogP contribution in [0.2, 0.25) is 0 Å². The second-order valence-corrected chi connectivity index (χ2v) is 2.69. The van der Waals surface area contributed by atoms with Gasteiger partial charge >= 0.3 is 27.7 Å². The Hall–Kier alpha value is 1.05. The summed E-state index contributed by atoms with van der Waals surface area (Å²) in [5.74, 6) is 0. The van der Waals surface area contributed by atoms with Crippen molar-refractivity contribution in [2.24, 2.45) is 0 Å². The molecule has 0 saturated carbocycles. The Labute approximate surface area is 81.0 Å². The van der Waals surface area contributed by atoms with Crippen LogP contribution in [0.3, 0.4) is 0 Å². The molecule has 0 N–H and O–H groups in total. The van der Waals surface area contributed by atoms with Gasteiger partial charge in [-0.25, -0.2) is 0 Å². The van der Waals surface area contributed by atoms with Crippen LogP contribution in [0.15, 0.2) is 0 Å². The number of hydrogen-bond donors (Lipinski definition) is 0. The Morgan fingerprint density at radius 1 is 1.30 bits per heavy atom. The van der Waals surface area contributed by atoms with Gasteiger partial charge in [-0.3, -0.25) is 4.57 Å². The number of phosphoric ester groups is 1.